The van der Waals surface area contributed by atoms with E-state index in [2.05, 4.69) is 24.5 Å². The van der Waals surface area contributed by atoms with Crippen LogP contribution in [-0.4, -0.2) is 20.5 Å². The van der Waals surface area contributed by atoms with Crippen molar-refractivity contribution in [2.75, 3.05) is 0 Å². The second-order valence-corrected chi connectivity index (χ2v) is 9.21. The molecule has 0 aliphatic heterocycles. The summed E-state index contributed by atoms with van der Waals surface area (Å²) in [6.45, 7) is 13.7. The molecule has 3 heteroatoms. The van der Waals surface area contributed by atoms with Gasteiger partial charge in [0.15, 0.2) is 8.32 Å². The van der Waals surface area contributed by atoms with Crippen molar-refractivity contribution < 1.29 is 4.43 Å². The number of rotatable bonds is 2. The van der Waals surface area contributed by atoms with E-state index in [1.54, 1.807) is 0 Å². The minimum absolute atomic E-state index is 0.139. The van der Waals surface area contributed by atoms with Crippen molar-refractivity contribution >= 4 is 8.32 Å². The Morgan fingerprint density at radius 3 is 2.38 bits per heavy atom. The summed E-state index contributed by atoms with van der Waals surface area (Å²) in [4.78, 5) is 3.66. The molecule has 1 rings (SSSR count). The molecule has 0 radical (unpaired) electrons. The molecule has 0 aromatic carbocycles. The number of nitrogens with zero attached hydrogens (tertiary/aromatic N) is 1. The van der Waals surface area contributed by atoms with Crippen molar-refractivity contribution in [3.05, 3.63) is 11.4 Å². The van der Waals surface area contributed by atoms with Gasteiger partial charge in [0.2, 0.25) is 6.04 Å². The minimum atomic E-state index is -1.45. The fraction of sp³-hybridized carbons (Fsp3) is 0.900. The van der Waals surface area contributed by atoms with Crippen LogP contribution in [0, 0.1) is 6.57 Å². The van der Waals surface area contributed by atoms with Crippen LogP contribution in [0.15, 0.2) is 0 Å². The van der Waals surface area contributed by atoms with Crippen molar-refractivity contribution in [1.29, 1.82) is 0 Å². The fourth-order valence-electron chi connectivity index (χ4n) is 1.82. The molecule has 0 aromatic rings. The lowest BCUT2D eigenvalue weighted by molar-refractivity contribution is 0.140. The van der Waals surface area contributed by atoms with Gasteiger partial charge in [-0.05, 0) is 32.5 Å². The SMILES string of the molecule is [C-]#[N+][C@H]1CCCC[C@H]1O[Si](C)(C)C. The number of hydrogen-bond donors (Lipinski definition) is 0. The summed E-state index contributed by atoms with van der Waals surface area (Å²) >= 11 is 0. The zero-order chi connectivity index (χ0) is 9.90. The van der Waals surface area contributed by atoms with Gasteiger partial charge in [-0.15, -0.1) is 0 Å². The zero-order valence-corrected chi connectivity index (χ0v) is 9.84. The number of hydrogen-bond acceptors (Lipinski definition) is 1. The molecule has 0 bridgehead atoms. The first-order valence-corrected chi connectivity index (χ1v) is 8.48. The molecule has 1 aliphatic rings. The van der Waals surface area contributed by atoms with Crippen molar-refractivity contribution in [3.8, 4) is 0 Å². The van der Waals surface area contributed by atoms with Gasteiger partial charge in [0.1, 0.15) is 6.10 Å². The van der Waals surface area contributed by atoms with Crippen molar-refractivity contribution in [1.82, 2.24) is 0 Å². The molecule has 0 heterocycles. The average Bonchev–Trinajstić information content (AvgIpc) is 2.02. The van der Waals surface area contributed by atoms with Crippen LogP contribution in [0.5, 0.6) is 0 Å². The molecule has 0 unspecified atom stereocenters. The second kappa shape index (κ2) is 4.25. The van der Waals surface area contributed by atoms with Crippen LogP contribution in [0.25, 0.3) is 4.85 Å². The monoisotopic (exact) mass is 197 g/mol. The average molecular weight is 197 g/mol. The lowest BCUT2D eigenvalue weighted by Crippen LogP contribution is -2.39. The first kappa shape index (κ1) is 10.7. The van der Waals surface area contributed by atoms with E-state index >= 15 is 0 Å². The van der Waals surface area contributed by atoms with Gasteiger partial charge < -0.3 is 9.27 Å². The molecular weight excluding hydrogens is 178 g/mol. The third kappa shape index (κ3) is 3.49. The smallest absolute Gasteiger partial charge is 0.248 e. The molecule has 0 aromatic heterocycles. The Hall–Kier alpha value is -0.333. The molecule has 0 spiro atoms. The summed E-state index contributed by atoms with van der Waals surface area (Å²) in [5, 5.41) is 0. The molecular formula is C10H19NOSi. The summed E-state index contributed by atoms with van der Waals surface area (Å²) in [7, 11) is -1.45. The first-order valence-electron chi connectivity index (χ1n) is 5.07. The van der Waals surface area contributed by atoms with E-state index in [4.69, 9.17) is 11.0 Å². The fourth-order valence-corrected chi connectivity index (χ4v) is 3.00. The Labute approximate surface area is 82.2 Å². The van der Waals surface area contributed by atoms with Crippen molar-refractivity contribution in [2.45, 2.75) is 57.5 Å². The third-order valence-electron chi connectivity index (χ3n) is 2.34. The molecule has 1 saturated carbocycles. The highest BCUT2D eigenvalue weighted by molar-refractivity contribution is 6.69. The topological polar surface area (TPSA) is 13.6 Å². The maximum Gasteiger partial charge on any atom is 0.248 e. The van der Waals surface area contributed by atoms with E-state index in [9.17, 15) is 0 Å². The van der Waals surface area contributed by atoms with E-state index in [0.717, 1.165) is 12.8 Å². The van der Waals surface area contributed by atoms with Crippen LogP contribution in [0.1, 0.15) is 25.7 Å². The molecule has 74 valence electrons. The predicted octanol–water partition coefficient (Wildman–Crippen LogP) is 3.07. The van der Waals surface area contributed by atoms with Crippen molar-refractivity contribution in [3.63, 3.8) is 0 Å². The highest BCUT2D eigenvalue weighted by atomic mass is 28.4. The van der Waals surface area contributed by atoms with Gasteiger partial charge in [0, 0.05) is 6.42 Å². The molecule has 2 atom stereocenters. The largest absolute Gasteiger partial charge is 0.407 e. The van der Waals surface area contributed by atoms with E-state index in [-0.39, 0.29) is 12.1 Å². The van der Waals surface area contributed by atoms with Crippen LogP contribution in [0.3, 0.4) is 0 Å². The van der Waals surface area contributed by atoms with E-state index in [1.165, 1.54) is 12.8 Å². The van der Waals surface area contributed by atoms with E-state index in [1.807, 2.05) is 0 Å². The molecule has 0 N–H and O–H groups in total. The van der Waals surface area contributed by atoms with Crippen LogP contribution >= 0.6 is 0 Å². The van der Waals surface area contributed by atoms with E-state index < -0.39 is 8.32 Å². The third-order valence-corrected chi connectivity index (χ3v) is 3.35. The Morgan fingerprint density at radius 2 is 1.85 bits per heavy atom. The van der Waals surface area contributed by atoms with Crippen LogP contribution in [-0.2, 0) is 4.43 Å². The Morgan fingerprint density at radius 1 is 1.23 bits per heavy atom. The normalized spacial score (nSPS) is 29.7. The molecule has 0 saturated heterocycles. The van der Waals surface area contributed by atoms with Crippen LogP contribution in [0.4, 0.5) is 0 Å². The molecule has 1 fully saturated rings. The summed E-state index contributed by atoms with van der Waals surface area (Å²) in [6.07, 6.45) is 4.81. The second-order valence-electron chi connectivity index (χ2n) is 4.75. The maximum absolute atomic E-state index is 7.10. The highest BCUT2D eigenvalue weighted by Crippen LogP contribution is 2.26. The van der Waals surface area contributed by atoms with Gasteiger partial charge in [-0.25, -0.2) is 6.57 Å². The van der Waals surface area contributed by atoms with Gasteiger partial charge in [-0.2, -0.15) is 0 Å². The highest BCUT2D eigenvalue weighted by Gasteiger charge is 2.33. The van der Waals surface area contributed by atoms with Gasteiger partial charge in [0.05, 0.1) is 0 Å². The Balaban J connectivity index is 2.51. The summed E-state index contributed by atoms with van der Waals surface area (Å²) in [6, 6.07) is 0.139. The molecule has 2 nitrogen and oxygen atoms in total. The van der Waals surface area contributed by atoms with Gasteiger partial charge >= 0.3 is 0 Å². The standard InChI is InChI=1S/C10H19NOSi/c1-11-9-7-5-6-8-10(9)12-13(2,3)4/h9-10H,5-8H2,2-4H3/t9-,10+/m0/s1. The van der Waals surface area contributed by atoms with Crippen LogP contribution in [0.2, 0.25) is 19.6 Å². The predicted molar refractivity (Wildman–Crippen MR) is 57.1 cm³/mol. The molecule has 1 aliphatic carbocycles. The lowest BCUT2D eigenvalue weighted by atomic mass is 9.93. The van der Waals surface area contributed by atoms with E-state index in [0.29, 0.717) is 0 Å². The quantitative estimate of drug-likeness (QED) is 0.490. The minimum Gasteiger partial charge on any atom is -0.407 e. The summed E-state index contributed by atoms with van der Waals surface area (Å²) < 4.78 is 6.01. The lowest BCUT2D eigenvalue weighted by Gasteiger charge is -2.29. The van der Waals surface area contributed by atoms with Gasteiger partial charge in [-0.3, -0.25) is 0 Å². The van der Waals surface area contributed by atoms with Crippen molar-refractivity contribution in [2.24, 2.45) is 0 Å². The van der Waals surface area contributed by atoms with Gasteiger partial charge in [-0.1, -0.05) is 6.42 Å². The Bertz CT molecular complexity index is 204. The van der Waals surface area contributed by atoms with Gasteiger partial charge in [0.25, 0.3) is 0 Å². The molecule has 0 amide bonds. The summed E-state index contributed by atoms with van der Waals surface area (Å²) in [5.74, 6) is 0. The summed E-state index contributed by atoms with van der Waals surface area (Å²) in [5.41, 5.74) is 0. The maximum atomic E-state index is 7.10. The van der Waals surface area contributed by atoms with Crippen LogP contribution < -0.4 is 0 Å². The molecule has 13 heavy (non-hydrogen) atoms. The Kier molecular flexibility index (Phi) is 3.52. The zero-order valence-electron chi connectivity index (χ0n) is 8.84. The first-order chi connectivity index (χ1) is 6.03.